The maximum Gasteiger partial charge on any atom is 0.320 e. The van der Waals surface area contributed by atoms with E-state index in [1.54, 1.807) is 37.7 Å². The molecule has 13 nitrogen and oxygen atoms in total. The number of aromatic nitrogens is 3. The number of hydrogen-bond acceptors (Lipinski definition) is 11. The predicted molar refractivity (Wildman–Crippen MR) is 167 cm³/mol. The van der Waals surface area contributed by atoms with Crippen LogP contribution < -0.4 is 37.0 Å². The fraction of sp³-hybridized carbons (Fsp3) is 0.448. The summed E-state index contributed by atoms with van der Waals surface area (Å²) in [5, 5.41) is 11.1. The summed E-state index contributed by atoms with van der Waals surface area (Å²) in [6.45, 7) is 13.6. The number of methoxy groups -OCH3 is 2. The first-order chi connectivity index (χ1) is 19.9. The number of anilines is 2. The van der Waals surface area contributed by atoms with E-state index in [1.807, 2.05) is 39.0 Å². The number of fused-ring (bicyclic) bond motifs is 1. The Kier molecular flexibility index (Phi) is 11.1. The molecule has 13 heteroatoms. The summed E-state index contributed by atoms with van der Waals surface area (Å²) in [5.74, 6) is 7.94. The number of amides is 2. The zero-order valence-corrected chi connectivity index (χ0v) is 25.6. The standard InChI is InChI=1S/C29H44N10O3/c1-8-38(9-2)10-11-39(31)18-21(30)17-33-27-32-16-20-14-24(19-12-22(41-6)15-23(13-19)42-7)26(34-25(20)35-27)36-28(40)37-29(3,4)5/h12-16,18H,8-11,17,30-31H2,1-7H3,(H3,32,33,34,35,36,37,40)/b21-18-. The molecule has 7 N–H and O–H groups in total. The molecule has 0 aliphatic rings. The molecule has 0 saturated carbocycles. The molecule has 3 rings (SSSR count). The van der Waals surface area contributed by atoms with Gasteiger partial charge in [0.1, 0.15) is 17.3 Å². The number of carbonyl (C=O) groups excluding carboxylic acids is 1. The van der Waals surface area contributed by atoms with Gasteiger partial charge in [0.2, 0.25) is 5.95 Å². The molecule has 0 unspecified atom stereocenters. The van der Waals surface area contributed by atoms with E-state index >= 15 is 0 Å². The van der Waals surface area contributed by atoms with Gasteiger partial charge in [-0.15, -0.1) is 0 Å². The number of carbonyl (C=O) groups is 1. The second kappa shape index (κ2) is 14.5. The molecule has 0 spiro atoms. The van der Waals surface area contributed by atoms with Crippen molar-refractivity contribution in [3.8, 4) is 22.6 Å². The molecule has 0 aliphatic heterocycles. The quantitative estimate of drug-likeness (QED) is 0.148. The number of hydrazine groups is 1. The molecular formula is C29H44N10O3. The molecule has 1 aromatic carbocycles. The molecule has 0 saturated heterocycles. The van der Waals surface area contributed by atoms with Crippen LogP contribution in [0.3, 0.4) is 0 Å². The van der Waals surface area contributed by atoms with Crippen LogP contribution in [0.4, 0.5) is 16.6 Å². The third-order valence-corrected chi connectivity index (χ3v) is 6.30. The molecule has 0 aliphatic carbocycles. The van der Waals surface area contributed by atoms with Gasteiger partial charge in [0.15, 0.2) is 5.65 Å². The maximum absolute atomic E-state index is 12.9. The Morgan fingerprint density at radius 3 is 2.29 bits per heavy atom. The van der Waals surface area contributed by atoms with Crippen molar-refractivity contribution in [3.05, 3.63) is 42.4 Å². The summed E-state index contributed by atoms with van der Waals surface area (Å²) in [7, 11) is 3.16. The van der Waals surface area contributed by atoms with Crippen LogP contribution in [0.25, 0.3) is 22.2 Å². The van der Waals surface area contributed by atoms with Gasteiger partial charge in [-0.2, -0.15) is 4.98 Å². The van der Waals surface area contributed by atoms with E-state index < -0.39 is 11.6 Å². The Morgan fingerprint density at radius 1 is 1.02 bits per heavy atom. The largest absolute Gasteiger partial charge is 0.497 e. The number of nitrogens with one attached hydrogen (secondary N) is 3. The number of urea groups is 1. The Labute approximate surface area is 247 Å². The normalized spacial score (nSPS) is 11.9. The lowest BCUT2D eigenvalue weighted by atomic mass is 10.0. The monoisotopic (exact) mass is 580 g/mol. The number of hydrogen-bond donors (Lipinski definition) is 5. The van der Waals surface area contributed by atoms with E-state index in [0.717, 1.165) is 25.2 Å². The van der Waals surface area contributed by atoms with E-state index in [4.69, 9.17) is 26.0 Å². The zero-order valence-electron chi connectivity index (χ0n) is 25.6. The highest BCUT2D eigenvalue weighted by atomic mass is 16.5. The van der Waals surface area contributed by atoms with Gasteiger partial charge in [-0.25, -0.2) is 20.6 Å². The lowest BCUT2D eigenvalue weighted by Gasteiger charge is -2.22. The van der Waals surface area contributed by atoms with Crippen molar-refractivity contribution in [1.29, 1.82) is 0 Å². The van der Waals surface area contributed by atoms with Crippen molar-refractivity contribution in [3.63, 3.8) is 0 Å². The number of ether oxygens (including phenoxy) is 2. The second-order valence-corrected chi connectivity index (χ2v) is 10.7. The lowest BCUT2D eigenvalue weighted by molar-refractivity contribution is 0.243. The van der Waals surface area contributed by atoms with Crippen LogP contribution >= 0.6 is 0 Å². The SMILES string of the molecule is CCN(CC)CCN(N)/C=C(\N)CNc1ncc2cc(-c3cc(OC)cc(OC)c3)c(NC(=O)NC(C)(C)C)nc2n1. The number of benzene rings is 1. The summed E-state index contributed by atoms with van der Waals surface area (Å²) in [4.78, 5) is 28.8. The summed E-state index contributed by atoms with van der Waals surface area (Å²) < 4.78 is 10.9. The van der Waals surface area contributed by atoms with E-state index in [2.05, 4.69) is 44.7 Å². The number of rotatable bonds is 13. The van der Waals surface area contributed by atoms with E-state index in [-0.39, 0.29) is 6.54 Å². The Morgan fingerprint density at radius 2 is 1.69 bits per heavy atom. The molecule has 0 radical (unpaired) electrons. The lowest BCUT2D eigenvalue weighted by Crippen LogP contribution is -2.43. The van der Waals surface area contributed by atoms with Crippen molar-refractivity contribution < 1.29 is 14.3 Å². The van der Waals surface area contributed by atoms with E-state index in [1.165, 1.54) is 0 Å². The van der Waals surface area contributed by atoms with Gasteiger partial charge in [-0.05, 0) is 57.6 Å². The maximum atomic E-state index is 12.9. The van der Waals surface area contributed by atoms with E-state index in [9.17, 15) is 4.79 Å². The van der Waals surface area contributed by atoms with Crippen LogP contribution in [0.1, 0.15) is 34.6 Å². The molecule has 0 bridgehead atoms. The zero-order chi connectivity index (χ0) is 30.9. The minimum Gasteiger partial charge on any atom is -0.497 e. The summed E-state index contributed by atoms with van der Waals surface area (Å²) in [5.41, 5.74) is 8.03. The number of nitrogens with two attached hydrogens (primary N) is 2. The third kappa shape index (κ3) is 9.35. The van der Waals surface area contributed by atoms with Crippen LogP contribution in [0.15, 0.2) is 42.4 Å². The smallest absolute Gasteiger partial charge is 0.320 e. The second-order valence-electron chi connectivity index (χ2n) is 10.7. The van der Waals surface area contributed by atoms with Crippen LogP contribution in [0.5, 0.6) is 11.5 Å². The predicted octanol–water partition coefficient (Wildman–Crippen LogP) is 3.36. The summed E-state index contributed by atoms with van der Waals surface area (Å²) >= 11 is 0. The average molecular weight is 581 g/mol. The van der Waals surface area contributed by atoms with Crippen molar-refractivity contribution in [2.75, 3.05) is 57.6 Å². The first-order valence-corrected chi connectivity index (χ1v) is 13.9. The number of likely N-dealkylation sites (N-methyl/N-ethyl adjacent to an activating group) is 1. The van der Waals surface area contributed by atoms with Gasteiger partial charge in [-0.3, -0.25) is 5.32 Å². The van der Waals surface area contributed by atoms with Crippen LogP contribution in [-0.4, -0.2) is 83.4 Å². The Bertz CT molecular complexity index is 1360. The van der Waals surface area contributed by atoms with Crippen molar-refractivity contribution in [2.24, 2.45) is 11.6 Å². The first kappa shape index (κ1) is 32.2. The Balaban J connectivity index is 1.89. The van der Waals surface area contributed by atoms with E-state index in [0.29, 0.717) is 52.1 Å². The van der Waals surface area contributed by atoms with Crippen molar-refractivity contribution >= 4 is 28.8 Å². The topological polar surface area (TPSA) is 169 Å². The number of pyridine rings is 1. The number of nitrogens with zero attached hydrogens (tertiary/aromatic N) is 5. The van der Waals surface area contributed by atoms with Gasteiger partial charge >= 0.3 is 6.03 Å². The minimum atomic E-state index is -0.447. The molecule has 2 aromatic heterocycles. The van der Waals surface area contributed by atoms with Crippen LogP contribution in [-0.2, 0) is 0 Å². The first-order valence-electron chi connectivity index (χ1n) is 13.9. The van der Waals surface area contributed by atoms with Gasteiger partial charge in [-0.1, -0.05) is 13.8 Å². The van der Waals surface area contributed by atoms with Crippen LogP contribution in [0.2, 0.25) is 0 Å². The summed E-state index contributed by atoms with van der Waals surface area (Å²) in [6.07, 6.45) is 3.36. The molecule has 42 heavy (non-hydrogen) atoms. The summed E-state index contributed by atoms with van der Waals surface area (Å²) in [6, 6.07) is 6.92. The van der Waals surface area contributed by atoms with Gasteiger partial charge in [0, 0.05) is 53.7 Å². The molecule has 0 fully saturated rings. The highest BCUT2D eigenvalue weighted by Crippen LogP contribution is 2.35. The van der Waals surface area contributed by atoms with Crippen molar-refractivity contribution in [1.82, 2.24) is 30.2 Å². The molecule has 2 amide bonds. The molecule has 228 valence electrons. The highest BCUT2D eigenvalue weighted by Gasteiger charge is 2.18. The molecule has 2 heterocycles. The fourth-order valence-electron chi connectivity index (χ4n) is 4.11. The molecule has 3 aromatic rings. The average Bonchev–Trinajstić information content (AvgIpc) is 2.94. The van der Waals surface area contributed by atoms with Gasteiger partial charge in [0.05, 0.1) is 20.8 Å². The van der Waals surface area contributed by atoms with Crippen LogP contribution in [0, 0.1) is 0 Å². The van der Waals surface area contributed by atoms with Gasteiger partial charge < -0.3 is 35.7 Å². The highest BCUT2D eigenvalue weighted by molar-refractivity contribution is 5.96. The molecule has 0 atom stereocenters. The van der Waals surface area contributed by atoms with Gasteiger partial charge in [0.25, 0.3) is 0 Å². The molecular weight excluding hydrogens is 536 g/mol. The van der Waals surface area contributed by atoms with Crippen molar-refractivity contribution in [2.45, 2.75) is 40.2 Å². The Hall–Kier alpha value is -4.36. The minimum absolute atomic E-state index is 0.283. The third-order valence-electron chi connectivity index (χ3n) is 6.30. The fourth-order valence-corrected chi connectivity index (χ4v) is 4.11.